The van der Waals surface area contributed by atoms with Gasteiger partial charge in [0.2, 0.25) is 5.82 Å². The predicted molar refractivity (Wildman–Crippen MR) is 103 cm³/mol. The molecule has 134 valence electrons. The quantitative estimate of drug-likeness (QED) is 0.770. The summed E-state index contributed by atoms with van der Waals surface area (Å²) in [6, 6.07) is 14.1. The van der Waals surface area contributed by atoms with Crippen LogP contribution in [0.1, 0.15) is 23.5 Å². The molecule has 1 aromatic carbocycles. The minimum Gasteiger partial charge on any atom is -0.334 e. The van der Waals surface area contributed by atoms with E-state index in [1.807, 2.05) is 59.8 Å². The molecule has 0 spiro atoms. The number of rotatable bonds is 4. The topological polar surface area (TPSA) is 63.1 Å². The first-order valence-corrected chi connectivity index (χ1v) is 9.67. The number of aromatic nitrogens is 3. The monoisotopic (exact) mass is 367 g/mol. The molecule has 4 rings (SSSR count). The molecule has 7 heteroatoms. The molecule has 0 aliphatic carbocycles. The highest BCUT2D eigenvalue weighted by atomic mass is 32.1. The number of para-hydroxylation sites is 1. The lowest BCUT2D eigenvalue weighted by Crippen LogP contribution is -2.47. The van der Waals surface area contributed by atoms with Gasteiger partial charge in [-0.25, -0.2) is 9.67 Å². The summed E-state index contributed by atoms with van der Waals surface area (Å²) in [6.07, 6.45) is 2.08. The molecule has 1 atom stereocenters. The van der Waals surface area contributed by atoms with Crippen LogP contribution in [0.2, 0.25) is 0 Å². The first-order valence-electron chi connectivity index (χ1n) is 8.79. The number of carbonyl (C=O) groups excluding carboxylic acids is 1. The molecular weight excluding hydrogens is 346 g/mol. The molecule has 0 radical (unpaired) electrons. The number of nitrogens with zero attached hydrogens (tertiary/aromatic N) is 4. The molecule has 1 aliphatic rings. The van der Waals surface area contributed by atoms with Crippen LogP contribution in [0.5, 0.6) is 0 Å². The molecule has 1 amide bonds. The Morgan fingerprint density at radius 3 is 2.81 bits per heavy atom. The Labute approximate surface area is 156 Å². The number of likely N-dealkylation sites (tertiary alicyclic amines) is 1. The minimum absolute atomic E-state index is 0.0996. The Bertz CT molecular complexity index is 875. The average Bonchev–Trinajstić information content (AvgIpc) is 3.37. The van der Waals surface area contributed by atoms with Gasteiger partial charge in [-0.15, -0.1) is 16.4 Å². The zero-order chi connectivity index (χ0) is 17.9. The summed E-state index contributed by atoms with van der Waals surface area (Å²) in [4.78, 5) is 20.4. The van der Waals surface area contributed by atoms with Crippen LogP contribution < -0.4 is 5.32 Å². The van der Waals surface area contributed by atoms with Crippen LogP contribution in [0, 0.1) is 0 Å². The number of likely N-dealkylation sites (N-methyl/N-ethyl adjacent to an activating group) is 1. The number of hydrogen-bond donors (Lipinski definition) is 1. The maximum atomic E-state index is 13.0. The third-order valence-electron chi connectivity index (χ3n) is 4.66. The van der Waals surface area contributed by atoms with E-state index < -0.39 is 0 Å². The molecule has 1 saturated heterocycles. The van der Waals surface area contributed by atoms with Crippen molar-refractivity contribution in [3.05, 3.63) is 53.7 Å². The van der Waals surface area contributed by atoms with Gasteiger partial charge < -0.3 is 10.2 Å². The zero-order valence-corrected chi connectivity index (χ0v) is 15.4. The van der Waals surface area contributed by atoms with Crippen molar-refractivity contribution < 1.29 is 4.79 Å². The largest absolute Gasteiger partial charge is 0.334 e. The van der Waals surface area contributed by atoms with Crippen LogP contribution in [0.4, 0.5) is 0 Å². The van der Waals surface area contributed by atoms with Crippen LogP contribution >= 0.6 is 11.3 Å². The van der Waals surface area contributed by atoms with Gasteiger partial charge in [-0.3, -0.25) is 4.79 Å². The fraction of sp³-hybridized carbons (Fsp3) is 0.316. The van der Waals surface area contributed by atoms with Crippen molar-refractivity contribution in [1.82, 2.24) is 25.0 Å². The lowest BCUT2D eigenvalue weighted by molar-refractivity contribution is 0.0686. The Kier molecular flexibility index (Phi) is 4.81. The standard InChI is InChI=1S/C19H21N5OS/c1-20-14-7-5-11-23(13-14)19(25)17-21-18(16-10-6-12-26-16)24(22-17)15-8-3-2-4-9-15/h2-4,6,8-10,12,14,20H,5,7,11,13H2,1H3. The van der Waals surface area contributed by atoms with Crippen molar-refractivity contribution in [2.75, 3.05) is 20.1 Å². The van der Waals surface area contributed by atoms with E-state index in [1.165, 1.54) is 0 Å². The lowest BCUT2D eigenvalue weighted by Gasteiger charge is -2.31. The van der Waals surface area contributed by atoms with Crippen LogP contribution in [0.3, 0.4) is 0 Å². The van der Waals surface area contributed by atoms with Crippen molar-refractivity contribution in [3.63, 3.8) is 0 Å². The van der Waals surface area contributed by atoms with Crippen molar-refractivity contribution in [1.29, 1.82) is 0 Å². The summed E-state index contributed by atoms with van der Waals surface area (Å²) >= 11 is 1.59. The van der Waals surface area contributed by atoms with Crippen molar-refractivity contribution in [3.8, 4) is 16.4 Å². The van der Waals surface area contributed by atoms with Crippen LogP contribution in [-0.4, -0.2) is 51.8 Å². The fourth-order valence-electron chi connectivity index (χ4n) is 3.26. The van der Waals surface area contributed by atoms with E-state index in [4.69, 9.17) is 0 Å². The van der Waals surface area contributed by atoms with E-state index >= 15 is 0 Å². The maximum Gasteiger partial charge on any atom is 0.293 e. The second kappa shape index (κ2) is 7.39. The summed E-state index contributed by atoms with van der Waals surface area (Å²) in [5.74, 6) is 0.864. The molecule has 0 saturated carbocycles. The molecule has 1 aliphatic heterocycles. The summed E-state index contributed by atoms with van der Waals surface area (Å²) in [5, 5.41) is 9.83. The SMILES string of the molecule is CNC1CCCN(C(=O)c2nc(-c3cccs3)n(-c3ccccc3)n2)C1. The third kappa shape index (κ3) is 3.27. The highest BCUT2D eigenvalue weighted by Gasteiger charge is 2.27. The van der Waals surface area contributed by atoms with Gasteiger partial charge in [-0.1, -0.05) is 24.3 Å². The molecule has 26 heavy (non-hydrogen) atoms. The van der Waals surface area contributed by atoms with Crippen LogP contribution in [0.15, 0.2) is 47.8 Å². The Morgan fingerprint density at radius 2 is 2.08 bits per heavy atom. The molecule has 1 fully saturated rings. The van der Waals surface area contributed by atoms with Gasteiger partial charge in [-0.05, 0) is 43.5 Å². The van der Waals surface area contributed by atoms with E-state index in [0.29, 0.717) is 18.4 Å². The summed E-state index contributed by atoms with van der Waals surface area (Å²) in [7, 11) is 1.94. The average molecular weight is 367 g/mol. The van der Waals surface area contributed by atoms with Gasteiger partial charge in [0.05, 0.1) is 10.6 Å². The van der Waals surface area contributed by atoms with Gasteiger partial charge in [0.1, 0.15) is 0 Å². The summed E-state index contributed by atoms with van der Waals surface area (Å²) < 4.78 is 1.76. The van der Waals surface area contributed by atoms with E-state index in [1.54, 1.807) is 16.0 Å². The normalized spacial score (nSPS) is 17.4. The van der Waals surface area contributed by atoms with Gasteiger partial charge >= 0.3 is 0 Å². The minimum atomic E-state index is -0.0996. The number of piperidine rings is 1. The Morgan fingerprint density at radius 1 is 1.23 bits per heavy atom. The maximum absolute atomic E-state index is 13.0. The molecule has 3 aromatic rings. The number of amides is 1. The second-order valence-corrected chi connectivity index (χ2v) is 7.31. The highest BCUT2D eigenvalue weighted by molar-refractivity contribution is 7.13. The predicted octanol–water partition coefficient (Wildman–Crippen LogP) is 2.82. The van der Waals surface area contributed by atoms with Gasteiger partial charge in [0.25, 0.3) is 5.91 Å². The van der Waals surface area contributed by atoms with Crippen molar-refractivity contribution in [2.45, 2.75) is 18.9 Å². The van der Waals surface area contributed by atoms with Crippen LogP contribution in [0.25, 0.3) is 16.4 Å². The van der Waals surface area contributed by atoms with E-state index in [9.17, 15) is 4.79 Å². The first-order chi connectivity index (χ1) is 12.8. The molecule has 6 nitrogen and oxygen atoms in total. The van der Waals surface area contributed by atoms with Gasteiger partial charge in [-0.2, -0.15) is 0 Å². The van der Waals surface area contributed by atoms with E-state index in [-0.39, 0.29) is 11.7 Å². The number of thiophene rings is 1. The fourth-order valence-corrected chi connectivity index (χ4v) is 3.95. The van der Waals surface area contributed by atoms with E-state index in [2.05, 4.69) is 15.4 Å². The zero-order valence-electron chi connectivity index (χ0n) is 14.6. The molecular formula is C19H21N5OS. The molecule has 1 N–H and O–H groups in total. The summed E-state index contributed by atoms with van der Waals surface area (Å²) in [6.45, 7) is 1.45. The Balaban J connectivity index is 1.70. The third-order valence-corrected chi connectivity index (χ3v) is 5.52. The number of benzene rings is 1. The van der Waals surface area contributed by atoms with Crippen molar-refractivity contribution in [2.24, 2.45) is 0 Å². The number of hydrogen-bond acceptors (Lipinski definition) is 5. The smallest absolute Gasteiger partial charge is 0.293 e. The van der Waals surface area contributed by atoms with Crippen molar-refractivity contribution >= 4 is 17.2 Å². The summed E-state index contributed by atoms with van der Waals surface area (Å²) in [5.41, 5.74) is 0.897. The van der Waals surface area contributed by atoms with Gasteiger partial charge in [0, 0.05) is 19.1 Å². The number of nitrogens with one attached hydrogen (secondary N) is 1. The lowest BCUT2D eigenvalue weighted by atomic mass is 10.1. The van der Waals surface area contributed by atoms with Gasteiger partial charge in [0.15, 0.2) is 5.82 Å². The Hall–Kier alpha value is -2.51. The second-order valence-electron chi connectivity index (χ2n) is 6.36. The van der Waals surface area contributed by atoms with E-state index in [0.717, 1.165) is 30.0 Å². The molecule has 1 unspecified atom stereocenters. The first kappa shape index (κ1) is 16.9. The molecule has 2 aromatic heterocycles. The van der Waals surface area contributed by atoms with Crippen LogP contribution in [-0.2, 0) is 0 Å². The highest BCUT2D eigenvalue weighted by Crippen LogP contribution is 2.26. The number of carbonyl (C=O) groups is 1. The molecule has 0 bridgehead atoms. The molecule has 3 heterocycles.